The van der Waals surface area contributed by atoms with Gasteiger partial charge in [0.05, 0.1) is 0 Å². The highest BCUT2D eigenvalue weighted by Crippen LogP contribution is 2.14. The Morgan fingerprint density at radius 2 is 2.07 bits per heavy atom. The molecule has 0 atom stereocenters. The van der Waals surface area contributed by atoms with Gasteiger partial charge in [-0.15, -0.1) is 0 Å². The van der Waals surface area contributed by atoms with Crippen LogP contribution in [0.4, 0.5) is 0 Å². The Labute approximate surface area is 90.2 Å². The molecule has 0 amide bonds. The maximum atomic E-state index is 10.4. The van der Waals surface area contributed by atoms with E-state index in [-0.39, 0.29) is 0 Å². The highest BCUT2D eigenvalue weighted by atomic mass is 16.1. The van der Waals surface area contributed by atoms with Crippen LogP contribution >= 0.6 is 0 Å². The first-order chi connectivity index (χ1) is 7.40. The van der Waals surface area contributed by atoms with Crippen LogP contribution in [0.3, 0.4) is 0 Å². The largest absolute Gasteiger partial charge is 0.373 e. The molecule has 2 heteroatoms. The molecular weight excluding hydrogens is 186 g/mol. The molecule has 0 aromatic heterocycles. The molecule has 1 aliphatic rings. The van der Waals surface area contributed by atoms with Crippen LogP contribution in [0, 0.1) is 0 Å². The molecule has 2 rings (SSSR count). The van der Waals surface area contributed by atoms with E-state index in [0.717, 1.165) is 25.1 Å². The number of nitrogens with zero attached hydrogens (tertiary/aromatic N) is 1. The lowest BCUT2D eigenvalue weighted by Gasteiger charge is -2.17. The summed E-state index contributed by atoms with van der Waals surface area (Å²) in [5.74, 6) is 0. The fourth-order valence-electron chi connectivity index (χ4n) is 1.85. The summed E-state index contributed by atoms with van der Waals surface area (Å²) in [7, 11) is 0. The van der Waals surface area contributed by atoms with Crippen molar-refractivity contribution in [2.45, 2.75) is 19.4 Å². The second-order valence-corrected chi connectivity index (χ2v) is 3.73. The molecule has 0 fully saturated rings. The molecule has 0 saturated carbocycles. The van der Waals surface area contributed by atoms with Gasteiger partial charge in [0, 0.05) is 19.5 Å². The monoisotopic (exact) mass is 200 g/mol. The van der Waals surface area contributed by atoms with Gasteiger partial charge in [-0.25, -0.2) is 0 Å². The van der Waals surface area contributed by atoms with E-state index in [1.807, 2.05) is 24.5 Å². The van der Waals surface area contributed by atoms with Crippen LogP contribution in [-0.4, -0.2) is 17.7 Å². The third-order valence-electron chi connectivity index (χ3n) is 2.65. The molecule has 0 aliphatic carbocycles. The molecule has 1 aliphatic heterocycles. The first-order valence-electron chi connectivity index (χ1n) is 5.22. The van der Waals surface area contributed by atoms with Crippen LogP contribution in [0.1, 0.15) is 17.5 Å². The molecule has 0 spiro atoms. The van der Waals surface area contributed by atoms with Gasteiger partial charge in [-0.2, -0.15) is 0 Å². The fourth-order valence-corrected chi connectivity index (χ4v) is 1.85. The van der Waals surface area contributed by atoms with Crippen molar-refractivity contribution in [2.24, 2.45) is 0 Å². The predicted molar refractivity (Wildman–Crippen MR) is 60.0 cm³/mol. The van der Waals surface area contributed by atoms with Gasteiger partial charge in [-0.3, -0.25) is 4.79 Å². The van der Waals surface area contributed by atoms with Crippen molar-refractivity contribution in [1.29, 1.82) is 0 Å². The Kier molecular flexibility index (Phi) is 3.18. The zero-order chi connectivity index (χ0) is 10.5. The Hall–Kier alpha value is -1.57. The maximum Gasteiger partial charge on any atom is 0.203 e. The third-order valence-corrected chi connectivity index (χ3v) is 2.65. The van der Waals surface area contributed by atoms with E-state index in [1.165, 1.54) is 5.56 Å². The van der Waals surface area contributed by atoms with Crippen molar-refractivity contribution >= 4 is 6.29 Å². The van der Waals surface area contributed by atoms with Crippen LogP contribution in [-0.2, 0) is 17.8 Å². The second kappa shape index (κ2) is 4.78. The van der Waals surface area contributed by atoms with Gasteiger partial charge in [-0.1, -0.05) is 30.3 Å². The molecule has 0 unspecified atom stereocenters. The van der Waals surface area contributed by atoms with Gasteiger partial charge in [-0.05, 0) is 23.7 Å². The van der Waals surface area contributed by atoms with E-state index < -0.39 is 0 Å². The van der Waals surface area contributed by atoms with Crippen LogP contribution in [0.25, 0.3) is 0 Å². The number of rotatable bonds is 4. The minimum Gasteiger partial charge on any atom is -0.373 e. The van der Waals surface area contributed by atoms with Crippen molar-refractivity contribution in [3.63, 3.8) is 0 Å². The predicted octanol–water partition coefficient (Wildman–Crippen LogP) is 2.06. The van der Waals surface area contributed by atoms with Gasteiger partial charge in [0.15, 0.2) is 0 Å². The number of hydrogen-bond acceptors (Lipinski definition) is 2. The summed E-state index contributed by atoms with van der Waals surface area (Å²) in [4.78, 5) is 12.7. The van der Waals surface area contributed by atoms with Crippen molar-refractivity contribution in [2.75, 3.05) is 6.54 Å². The molecule has 1 radical (unpaired) electrons. The normalized spacial score (nSPS) is 14.5. The minimum atomic E-state index is 0.397. The van der Waals surface area contributed by atoms with Crippen LogP contribution < -0.4 is 0 Å². The second-order valence-electron chi connectivity index (χ2n) is 3.73. The average molecular weight is 200 g/mol. The molecule has 1 aromatic rings. The molecule has 0 saturated heterocycles. The Bertz CT molecular complexity index is 371. The first-order valence-corrected chi connectivity index (χ1v) is 5.22. The van der Waals surface area contributed by atoms with E-state index in [9.17, 15) is 4.79 Å². The standard InChI is InChI=1S/C13H14NO/c15-10-7-12-5-1-2-6-13(12)11-14-8-3-4-9-14/h1-3,5-6,8H,4,7,9,11H2. The first kappa shape index (κ1) is 9.97. The minimum absolute atomic E-state index is 0.397. The highest BCUT2D eigenvalue weighted by Gasteiger charge is 2.07. The summed E-state index contributed by atoms with van der Waals surface area (Å²) < 4.78 is 0. The van der Waals surface area contributed by atoms with E-state index >= 15 is 0 Å². The molecule has 1 heterocycles. The summed E-state index contributed by atoms with van der Waals surface area (Å²) in [6.07, 6.45) is 7.79. The Morgan fingerprint density at radius 3 is 2.73 bits per heavy atom. The van der Waals surface area contributed by atoms with Crippen molar-refractivity contribution in [3.8, 4) is 0 Å². The van der Waals surface area contributed by atoms with E-state index in [2.05, 4.69) is 23.2 Å². The van der Waals surface area contributed by atoms with Crippen molar-refractivity contribution in [3.05, 3.63) is 47.7 Å². The zero-order valence-electron chi connectivity index (χ0n) is 8.65. The fraction of sp³-hybridized carbons (Fsp3) is 0.308. The van der Waals surface area contributed by atoms with Crippen LogP contribution in [0.5, 0.6) is 0 Å². The Morgan fingerprint density at radius 1 is 1.27 bits per heavy atom. The highest BCUT2D eigenvalue weighted by molar-refractivity contribution is 5.57. The molecule has 15 heavy (non-hydrogen) atoms. The zero-order valence-corrected chi connectivity index (χ0v) is 8.65. The molecule has 77 valence electrons. The summed E-state index contributed by atoms with van der Waals surface area (Å²) >= 11 is 0. The van der Waals surface area contributed by atoms with Gasteiger partial charge in [0.1, 0.15) is 0 Å². The van der Waals surface area contributed by atoms with Crippen molar-refractivity contribution < 1.29 is 4.79 Å². The number of hydrogen-bond donors (Lipinski definition) is 0. The van der Waals surface area contributed by atoms with Crippen LogP contribution in [0.15, 0.2) is 36.5 Å². The quantitative estimate of drug-likeness (QED) is 0.741. The van der Waals surface area contributed by atoms with Gasteiger partial charge >= 0.3 is 0 Å². The molecule has 0 N–H and O–H groups in total. The van der Waals surface area contributed by atoms with Crippen molar-refractivity contribution in [1.82, 2.24) is 4.90 Å². The smallest absolute Gasteiger partial charge is 0.203 e. The summed E-state index contributed by atoms with van der Waals surface area (Å²) in [6.45, 7) is 1.98. The molecule has 1 aromatic carbocycles. The van der Waals surface area contributed by atoms with Gasteiger partial charge in [0.2, 0.25) is 6.29 Å². The topological polar surface area (TPSA) is 20.3 Å². The lowest BCUT2D eigenvalue weighted by Crippen LogP contribution is -2.14. The third kappa shape index (κ3) is 2.46. The number of benzene rings is 1. The lowest BCUT2D eigenvalue weighted by atomic mass is 10.0. The summed E-state index contributed by atoms with van der Waals surface area (Å²) in [6, 6.07) is 8.07. The van der Waals surface area contributed by atoms with Crippen LogP contribution in [0.2, 0.25) is 0 Å². The van der Waals surface area contributed by atoms with Gasteiger partial charge < -0.3 is 4.90 Å². The SMILES string of the molecule is O=[C]Cc1ccccc1CN1C=CCC1. The van der Waals surface area contributed by atoms with E-state index in [0.29, 0.717) is 6.42 Å². The summed E-state index contributed by atoms with van der Waals surface area (Å²) in [5.41, 5.74) is 2.32. The molecule has 0 bridgehead atoms. The maximum absolute atomic E-state index is 10.4. The summed E-state index contributed by atoms with van der Waals surface area (Å²) in [5, 5.41) is 0. The average Bonchev–Trinajstić information content (AvgIpc) is 2.74. The molecule has 2 nitrogen and oxygen atoms in total. The molecular formula is C13H14NO. The van der Waals surface area contributed by atoms with E-state index in [1.54, 1.807) is 0 Å². The van der Waals surface area contributed by atoms with E-state index in [4.69, 9.17) is 0 Å². The Balaban J connectivity index is 2.11. The van der Waals surface area contributed by atoms with Gasteiger partial charge in [0.25, 0.3) is 0 Å². The lowest BCUT2D eigenvalue weighted by molar-refractivity contribution is 0.399. The number of carbonyl (C=O) groups excluding carboxylic acids is 1.